The number of methoxy groups -OCH3 is 1. The van der Waals surface area contributed by atoms with Crippen molar-refractivity contribution in [3.63, 3.8) is 0 Å². The van der Waals surface area contributed by atoms with Crippen LogP contribution in [-0.2, 0) is 24.7 Å². The number of nitrogens with two attached hydrogens (primary N) is 1. The first kappa shape index (κ1) is 33.5. The normalized spacial score (nSPS) is 17.6. The Morgan fingerprint density at radius 3 is 2.32 bits per heavy atom. The molecule has 1 aliphatic carbocycles. The van der Waals surface area contributed by atoms with Crippen molar-refractivity contribution in [2.45, 2.75) is 43.4 Å². The zero-order valence-electron chi connectivity index (χ0n) is 25.1. The van der Waals surface area contributed by atoms with E-state index in [4.69, 9.17) is 26.8 Å². The molecular formula is C30H32ClF3N8O5. The van der Waals surface area contributed by atoms with Crippen molar-refractivity contribution in [3.05, 3.63) is 59.1 Å². The van der Waals surface area contributed by atoms with Gasteiger partial charge < -0.3 is 36.1 Å². The molecule has 1 aliphatic heterocycles. The van der Waals surface area contributed by atoms with Crippen LogP contribution < -0.4 is 26.4 Å². The summed E-state index contributed by atoms with van der Waals surface area (Å²) in [6, 6.07) is 12.5. The highest BCUT2D eigenvalue weighted by Gasteiger charge is 2.45. The lowest BCUT2D eigenvalue weighted by atomic mass is 9.90. The van der Waals surface area contributed by atoms with E-state index in [1.54, 1.807) is 36.4 Å². The maximum Gasteiger partial charge on any atom is 0.422 e. The van der Waals surface area contributed by atoms with Crippen molar-refractivity contribution in [1.82, 2.24) is 19.9 Å². The number of ether oxygens (including phenoxy) is 2. The largest absolute Gasteiger partial charge is 0.467 e. The van der Waals surface area contributed by atoms with Gasteiger partial charge in [0.05, 0.1) is 12.6 Å². The number of esters is 1. The Balaban J connectivity index is 1.31. The molecule has 17 heteroatoms. The molecule has 0 spiro atoms. The Labute approximate surface area is 272 Å². The van der Waals surface area contributed by atoms with Gasteiger partial charge in [0.15, 0.2) is 6.61 Å². The topological polar surface area (TPSA) is 174 Å². The summed E-state index contributed by atoms with van der Waals surface area (Å²) in [5.41, 5.74) is 6.57. The molecule has 2 aliphatic rings. The van der Waals surface area contributed by atoms with E-state index in [0.717, 1.165) is 18.4 Å². The summed E-state index contributed by atoms with van der Waals surface area (Å²) in [6.07, 6.45) is -1.96. The summed E-state index contributed by atoms with van der Waals surface area (Å²) in [4.78, 5) is 50.0. The molecule has 0 radical (unpaired) electrons. The van der Waals surface area contributed by atoms with Crippen LogP contribution in [0.15, 0.2) is 48.5 Å². The van der Waals surface area contributed by atoms with Crippen molar-refractivity contribution >= 4 is 52.7 Å². The molecule has 2 aromatic carbocycles. The minimum absolute atomic E-state index is 0.0164. The Hall–Kier alpha value is -4.86. The number of carbonyl (C=O) groups is 3. The summed E-state index contributed by atoms with van der Waals surface area (Å²) < 4.78 is 48.6. The smallest absolute Gasteiger partial charge is 0.422 e. The highest BCUT2D eigenvalue weighted by molar-refractivity contribution is 6.34. The van der Waals surface area contributed by atoms with Crippen LogP contribution in [0.25, 0.3) is 0 Å². The third kappa shape index (κ3) is 8.69. The van der Waals surface area contributed by atoms with Crippen LogP contribution in [0.1, 0.15) is 31.2 Å². The fourth-order valence-electron chi connectivity index (χ4n) is 5.35. The van der Waals surface area contributed by atoms with Gasteiger partial charge in [0.2, 0.25) is 11.9 Å². The zero-order chi connectivity index (χ0) is 33.8. The van der Waals surface area contributed by atoms with Gasteiger partial charge >= 0.3 is 30.0 Å². The summed E-state index contributed by atoms with van der Waals surface area (Å²) in [6.45, 7) is -1.09. The summed E-state index contributed by atoms with van der Waals surface area (Å²) in [7, 11) is 1.25. The number of alkyl halides is 3. The SMILES string of the molecule is COC(=O)C(Nc1ccc(Nc2nc(NC3(c4ccc(Cl)cc4)CC3)nc(OCC(F)(F)F)n2)cc1)C1CCCN(C(=O)C(N)=O)C1. The van der Waals surface area contributed by atoms with Crippen LogP contribution in [-0.4, -0.2) is 76.7 Å². The minimum Gasteiger partial charge on any atom is -0.467 e. The van der Waals surface area contributed by atoms with Crippen molar-refractivity contribution in [2.75, 3.05) is 42.8 Å². The Morgan fingerprint density at radius 1 is 1.04 bits per heavy atom. The van der Waals surface area contributed by atoms with Gasteiger partial charge in [-0.3, -0.25) is 9.59 Å². The fourth-order valence-corrected chi connectivity index (χ4v) is 5.48. The maximum absolute atomic E-state index is 12.9. The monoisotopic (exact) mass is 676 g/mol. The number of likely N-dealkylation sites (tertiary alicyclic amines) is 1. The molecule has 47 heavy (non-hydrogen) atoms. The van der Waals surface area contributed by atoms with E-state index in [9.17, 15) is 27.6 Å². The molecule has 2 heterocycles. The van der Waals surface area contributed by atoms with Crippen molar-refractivity contribution in [3.8, 4) is 6.01 Å². The third-order valence-electron chi connectivity index (χ3n) is 7.82. The standard InChI is InChI=1S/C30H32ClF3N8O5/c1-46-25(45)22(17-3-2-14-42(15-17)24(44)23(35)43)36-20-8-10-21(11-9-20)37-26-38-27(40-28(39-26)47-16-30(32,33)34)41-29(12-13-29)18-4-6-19(31)7-5-18/h4-11,17,22,36H,2-3,12-16H2,1H3,(H2,35,43)(H2,37,38,39,40,41). The number of halogens is 4. The number of piperidine rings is 1. The molecule has 2 atom stereocenters. The number of aromatic nitrogens is 3. The van der Waals surface area contributed by atoms with E-state index in [1.807, 2.05) is 12.1 Å². The van der Waals surface area contributed by atoms with Crippen molar-refractivity contribution in [2.24, 2.45) is 11.7 Å². The van der Waals surface area contributed by atoms with Gasteiger partial charge in [-0.2, -0.15) is 28.1 Å². The van der Waals surface area contributed by atoms with Crippen LogP contribution in [0, 0.1) is 5.92 Å². The van der Waals surface area contributed by atoms with Crippen molar-refractivity contribution in [1.29, 1.82) is 0 Å². The molecule has 1 saturated heterocycles. The van der Waals surface area contributed by atoms with E-state index in [1.165, 1.54) is 12.0 Å². The van der Waals surface area contributed by atoms with Crippen LogP contribution in [0.3, 0.4) is 0 Å². The molecule has 0 bridgehead atoms. The van der Waals surface area contributed by atoms with Crippen molar-refractivity contribution < 1.29 is 37.0 Å². The summed E-state index contributed by atoms with van der Waals surface area (Å²) in [5, 5.41) is 9.87. The Morgan fingerprint density at radius 2 is 1.70 bits per heavy atom. The molecule has 3 aromatic rings. The Bertz CT molecular complexity index is 1610. The van der Waals surface area contributed by atoms with Gasteiger partial charge in [-0.1, -0.05) is 23.7 Å². The number of hydrogen-bond donors (Lipinski definition) is 4. The highest BCUT2D eigenvalue weighted by atomic mass is 35.5. The predicted octanol–water partition coefficient (Wildman–Crippen LogP) is 3.99. The molecule has 2 fully saturated rings. The number of anilines is 4. The van der Waals surface area contributed by atoms with E-state index in [0.29, 0.717) is 35.8 Å². The number of rotatable bonds is 11. The van der Waals surface area contributed by atoms with Gasteiger partial charge in [-0.25, -0.2) is 4.79 Å². The Kier molecular flexibility index (Phi) is 9.88. The van der Waals surface area contributed by atoms with Gasteiger partial charge in [-0.05, 0) is 67.6 Å². The average molecular weight is 677 g/mol. The molecular weight excluding hydrogens is 645 g/mol. The second kappa shape index (κ2) is 13.9. The highest BCUT2D eigenvalue weighted by Crippen LogP contribution is 2.48. The third-order valence-corrected chi connectivity index (χ3v) is 8.08. The summed E-state index contributed by atoms with van der Waals surface area (Å²) in [5.74, 6) is -2.83. The molecule has 5 N–H and O–H groups in total. The summed E-state index contributed by atoms with van der Waals surface area (Å²) >= 11 is 6.03. The lowest BCUT2D eigenvalue weighted by molar-refractivity contribution is -0.154. The molecule has 250 valence electrons. The maximum atomic E-state index is 12.9. The first-order valence-electron chi connectivity index (χ1n) is 14.6. The first-order chi connectivity index (χ1) is 22.3. The van der Waals surface area contributed by atoms with Crippen LogP contribution in [0.4, 0.5) is 36.4 Å². The average Bonchev–Trinajstić information content (AvgIpc) is 3.82. The number of carbonyl (C=O) groups excluding carboxylic acids is 3. The lowest BCUT2D eigenvalue weighted by Crippen LogP contribution is -2.51. The van der Waals surface area contributed by atoms with E-state index >= 15 is 0 Å². The number of primary amides is 1. The number of nitrogens with one attached hydrogen (secondary N) is 3. The van der Waals surface area contributed by atoms with Crippen LogP contribution in [0.5, 0.6) is 6.01 Å². The lowest BCUT2D eigenvalue weighted by Gasteiger charge is -2.35. The number of amides is 2. The second-order valence-corrected chi connectivity index (χ2v) is 11.7. The first-order valence-corrected chi connectivity index (χ1v) is 15.0. The number of hydrogen-bond acceptors (Lipinski definition) is 11. The minimum atomic E-state index is -4.60. The van der Waals surface area contributed by atoms with E-state index in [-0.39, 0.29) is 24.4 Å². The van der Waals surface area contributed by atoms with Crippen LogP contribution in [0.2, 0.25) is 5.02 Å². The molecule has 13 nitrogen and oxygen atoms in total. The predicted molar refractivity (Wildman–Crippen MR) is 165 cm³/mol. The van der Waals surface area contributed by atoms with E-state index in [2.05, 4.69) is 30.9 Å². The van der Waals surface area contributed by atoms with Gasteiger partial charge in [0, 0.05) is 35.4 Å². The van der Waals surface area contributed by atoms with Gasteiger partial charge in [-0.15, -0.1) is 0 Å². The molecule has 1 aromatic heterocycles. The van der Waals surface area contributed by atoms with E-state index < -0.39 is 48.2 Å². The van der Waals surface area contributed by atoms with Gasteiger partial charge in [0.25, 0.3) is 0 Å². The fraction of sp³-hybridized carbons (Fsp3) is 0.400. The molecule has 2 amide bonds. The zero-order valence-corrected chi connectivity index (χ0v) is 25.9. The molecule has 1 saturated carbocycles. The van der Waals surface area contributed by atoms with Crippen LogP contribution >= 0.6 is 11.6 Å². The molecule has 5 rings (SSSR count). The number of nitrogens with zero attached hydrogens (tertiary/aromatic N) is 4. The quantitative estimate of drug-likeness (QED) is 0.171. The molecule has 2 unspecified atom stereocenters. The second-order valence-electron chi connectivity index (χ2n) is 11.2. The number of benzene rings is 2. The van der Waals surface area contributed by atoms with Gasteiger partial charge in [0.1, 0.15) is 6.04 Å².